The summed E-state index contributed by atoms with van der Waals surface area (Å²) in [5.41, 5.74) is -8.09. The van der Waals surface area contributed by atoms with E-state index in [0.717, 1.165) is 18.2 Å². The molecule has 0 aliphatic carbocycles. The molecule has 0 aromatic heterocycles. The molecule has 0 spiro atoms. The highest BCUT2D eigenvalue weighted by Crippen LogP contribution is 2.54. The molecule has 0 unspecified atom stereocenters. The molecule has 0 fully saturated rings. The van der Waals surface area contributed by atoms with Crippen molar-refractivity contribution in [1.29, 1.82) is 0 Å². The second kappa shape index (κ2) is 5.81. The largest absolute Gasteiger partial charge is 0.429 e. The molecular formula is C11H7F9N2O. The summed E-state index contributed by atoms with van der Waals surface area (Å²) in [6, 6.07) is 3.34. The van der Waals surface area contributed by atoms with Crippen LogP contribution in [0.25, 0.3) is 0 Å². The lowest BCUT2D eigenvalue weighted by Gasteiger charge is -2.39. The number of carbonyl (C=O) groups excluding carboxylic acids is 1. The highest BCUT2D eigenvalue weighted by atomic mass is 19.4. The summed E-state index contributed by atoms with van der Waals surface area (Å²) in [7, 11) is 0. The molecule has 130 valence electrons. The maximum absolute atomic E-state index is 12.8. The zero-order valence-corrected chi connectivity index (χ0v) is 10.7. The molecule has 0 saturated carbocycles. The van der Waals surface area contributed by atoms with Gasteiger partial charge in [0.15, 0.2) is 0 Å². The zero-order valence-electron chi connectivity index (χ0n) is 10.7. The topological polar surface area (TPSA) is 41.1 Å². The first-order chi connectivity index (χ1) is 10.3. The standard InChI is InChI=1S/C11H7F9N2O/c12-9(13,14)8(10(15,16)17,11(18,19)20)22-7-4-2-1-3-6(7)21-5-23/h1-5,22H,(H,21,23). The van der Waals surface area contributed by atoms with Gasteiger partial charge in [-0.05, 0) is 12.1 Å². The van der Waals surface area contributed by atoms with Crippen LogP contribution in [0.3, 0.4) is 0 Å². The van der Waals surface area contributed by atoms with Crippen LogP contribution in [0, 0.1) is 0 Å². The number of hydrogen-bond acceptors (Lipinski definition) is 2. The molecule has 1 rings (SSSR count). The molecule has 1 aromatic rings. The minimum Gasteiger partial charge on any atom is -0.355 e. The van der Waals surface area contributed by atoms with E-state index in [1.54, 1.807) is 5.32 Å². The van der Waals surface area contributed by atoms with E-state index in [-0.39, 0.29) is 6.41 Å². The first kappa shape index (κ1) is 18.9. The van der Waals surface area contributed by atoms with Crippen molar-refractivity contribution >= 4 is 17.8 Å². The normalized spacial score (nSPS) is 13.6. The molecule has 3 nitrogen and oxygen atoms in total. The molecule has 0 aliphatic rings. The lowest BCUT2D eigenvalue weighted by atomic mass is 9.96. The van der Waals surface area contributed by atoms with Crippen molar-refractivity contribution < 1.29 is 44.3 Å². The number of benzene rings is 1. The number of carbonyl (C=O) groups is 1. The first-order valence-corrected chi connectivity index (χ1v) is 5.55. The van der Waals surface area contributed by atoms with Gasteiger partial charge in [0.2, 0.25) is 6.41 Å². The maximum Gasteiger partial charge on any atom is 0.429 e. The van der Waals surface area contributed by atoms with Gasteiger partial charge in [0.1, 0.15) is 0 Å². The van der Waals surface area contributed by atoms with Crippen LogP contribution in [0.1, 0.15) is 0 Å². The summed E-state index contributed by atoms with van der Waals surface area (Å²) in [5.74, 6) is 0. The molecular weight excluding hydrogens is 347 g/mol. The third-order valence-electron chi connectivity index (χ3n) is 2.74. The fraction of sp³-hybridized carbons (Fsp3) is 0.364. The monoisotopic (exact) mass is 354 g/mol. The van der Waals surface area contributed by atoms with Gasteiger partial charge in [-0.25, -0.2) is 0 Å². The summed E-state index contributed by atoms with van der Waals surface area (Å²) in [6.07, 6.45) is -20.4. The molecule has 0 heterocycles. The van der Waals surface area contributed by atoms with Gasteiger partial charge in [0, 0.05) is 0 Å². The van der Waals surface area contributed by atoms with Crippen molar-refractivity contribution in [3.05, 3.63) is 24.3 Å². The minimum atomic E-state index is -6.75. The van der Waals surface area contributed by atoms with Crippen LogP contribution in [-0.4, -0.2) is 30.5 Å². The van der Waals surface area contributed by atoms with E-state index in [9.17, 15) is 44.3 Å². The second-order valence-corrected chi connectivity index (χ2v) is 4.18. The van der Waals surface area contributed by atoms with E-state index in [1.807, 2.05) is 0 Å². The summed E-state index contributed by atoms with van der Waals surface area (Å²) in [6.45, 7) is 0. The van der Waals surface area contributed by atoms with E-state index in [0.29, 0.717) is 11.4 Å². The van der Waals surface area contributed by atoms with Gasteiger partial charge in [0.25, 0.3) is 0 Å². The zero-order chi connectivity index (χ0) is 18.1. The maximum atomic E-state index is 12.8. The van der Waals surface area contributed by atoms with E-state index < -0.39 is 35.4 Å². The van der Waals surface area contributed by atoms with Gasteiger partial charge < -0.3 is 10.6 Å². The number of alkyl halides is 9. The fourth-order valence-electron chi connectivity index (χ4n) is 1.68. The summed E-state index contributed by atoms with van der Waals surface area (Å²) < 4.78 is 115. The molecule has 12 heteroatoms. The predicted molar refractivity (Wildman–Crippen MR) is 60.6 cm³/mol. The smallest absolute Gasteiger partial charge is 0.355 e. The summed E-state index contributed by atoms with van der Waals surface area (Å²) in [5, 5.41) is 2.18. The number of hydrogen-bond donors (Lipinski definition) is 2. The predicted octanol–water partition coefficient (Wildman–Crippen LogP) is 4.09. The van der Waals surface area contributed by atoms with Crippen LogP contribution >= 0.6 is 0 Å². The number of anilines is 2. The van der Waals surface area contributed by atoms with Crippen LogP contribution < -0.4 is 10.6 Å². The SMILES string of the molecule is O=CNc1ccccc1NC(C(F)(F)F)(C(F)(F)F)C(F)(F)F. The molecule has 0 atom stereocenters. The quantitative estimate of drug-likeness (QED) is 0.632. The van der Waals surface area contributed by atoms with Crippen molar-refractivity contribution in [3.63, 3.8) is 0 Å². The Labute approximate surface area is 122 Å². The van der Waals surface area contributed by atoms with Crippen LogP contribution in [0.15, 0.2) is 24.3 Å². The average Bonchev–Trinajstić information content (AvgIpc) is 2.33. The van der Waals surface area contributed by atoms with Crippen LogP contribution in [0.5, 0.6) is 0 Å². The number of rotatable bonds is 4. The molecule has 1 aromatic carbocycles. The third-order valence-corrected chi connectivity index (χ3v) is 2.74. The van der Waals surface area contributed by atoms with E-state index in [4.69, 9.17) is 0 Å². The highest BCUT2D eigenvalue weighted by Gasteiger charge is 2.84. The molecule has 23 heavy (non-hydrogen) atoms. The van der Waals surface area contributed by atoms with E-state index in [1.165, 1.54) is 0 Å². The van der Waals surface area contributed by atoms with E-state index in [2.05, 4.69) is 0 Å². The van der Waals surface area contributed by atoms with Crippen LogP contribution in [-0.2, 0) is 4.79 Å². The van der Waals surface area contributed by atoms with Gasteiger partial charge in [-0.2, -0.15) is 39.5 Å². The lowest BCUT2D eigenvalue weighted by Crippen LogP contribution is -2.70. The first-order valence-electron chi connectivity index (χ1n) is 5.55. The van der Waals surface area contributed by atoms with Crippen LogP contribution in [0.4, 0.5) is 50.9 Å². The fourth-order valence-corrected chi connectivity index (χ4v) is 1.68. The van der Waals surface area contributed by atoms with Crippen molar-refractivity contribution in [2.24, 2.45) is 0 Å². The van der Waals surface area contributed by atoms with Crippen molar-refractivity contribution in [2.75, 3.05) is 10.6 Å². The number of nitrogens with one attached hydrogen (secondary N) is 2. The van der Waals surface area contributed by atoms with Crippen molar-refractivity contribution in [2.45, 2.75) is 24.1 Å². The Hall–Kier alpha value is -2.14. The van der Waals surface area contributed by atoms with Gasteiger partial charge in [-0.3, -0.25) is 4.79 Å². The summed E-state index contributed by atoms with van der Waals surface area (Å²) in [4.78, 5) is 10.3. The Bertz CT molecular complexity index is 526. The molecule has 2 N–H and O–H groups in total. The Morgan fingerprint density at radius 2 is 1.13 bits per heavy atom. The molecule has 0 aliphatic heterocycles. The lowest BCUT2D eigenvalue weighted by molar-refractivity contribution is -0.370. The Balaban J connectivity index is 3.59. The summed E-state index contributed by atoms with van der Waals surface area (Å²) >= 11 is 0. The Morgan fingerprint density at radius 1 is 0.739 bits per heavy atom. The number of halogens is 9. The van der Waals surface area contributed by atoms with Gasteiger partial charge >= 0.3 is 24.1 Å². The minimum absolute atomic E-state index is 0.114. The van der Waals surface area contributed by atoms with Gasteiger partial charge in [-0.1, -0.05) is 12.1 Å². The van der Waals surface area contributed by atoms with Gasteiger partial charge in [-0.15, -0.1) is 0 Å². The Kier molecular flexibility index (Phi) is 4.78. The molecule has 0 radical (unpaired) electrons. The molecule has 0 saturated heterocycles. The highest BCUT2D eigenvalue weighted by molar-refractivity contribution is 5.81. The van der Waals surface area contributed by atoms with E-state index >= 15 is 0 Å². The molecule has 1 amide bonds. The molecule has 0 bridgehead atoms. The number of amides is 1. The Morgan fingerprint density at radius 3 is 1.48 bits per heavy atom. The second-order valence-electron chi connectivity index (χ2n) is 4.18. The average molecular weight is 354 g/mol. The van der Waals surface area contributed by atoms with Crippen molar-refractivity contribution in [3.8, 4) is 0 Å². The van der Waals surface area contributed by atoms with Crippen molar-refractivity contribution in [1.82, 2.24) is 0 Å². The van der Waals surface area contributed by atoms with Crippen LogP contribution in [0.2, 0.25) is 0 Å². The number of para-hydroxylation sites is 2. The third kappa shape index (κ3) is 3.29. The van der Waals surface area contributed by atoms with Gasteiger partial charge in [0.05, 0.1) is 11.4 Å².